The van der Waals surface area contributed by atoms with Gasteiger partial charge in [-0.25, -0.2) is 4.79 Å². The predicted molar refractivity (Wildman–Crippen MR) is 82.2 cm³/mol. The summed E-state index contributed by atoms with van der Waals surface area (Å²) in [6.45, 7) is 0. The quantitative estimate of drug-likeness (QED) is 0.516. The lowest BCUT2D eigenvalue weighted by Crippen LogP contribution is -2.29. The molecule has 0 aliphatic heterocycles. The van der Waals surface area contributed by atoms with Crippen LogP contribution in [0.1, 0.15) is 37.7 Å². The number of methoxy groups -OCH3 is 1. The summed E-state index contributed by atoms with van der Waals surface area (Å²) < 4.78 is 4.67. The highest BCUT2D eigenvalue weighted by Gasteiger charge is 2.26. The number of benzene rings is 1. The summed E-state index contributed by atoms with van der Waals surface area (Å²) in [5.74, 6) is 5.48. The molecule has 1 aliphatic rings. The van der Waals surface area contributed by atoms with Crippen LogP contribution in [-0.2, 0) is 9.53 Å². The summed E-state index contributed by atoms with van der Waals surface area (Å²) in [7, 11) is 1.34. The monoisotopic (exact) mass is 284 g/mol. The zero-order chi connectivity index (χ0) is 15.1. The van der Waals surface area contributed by atoms with Crippen LogP contribution in [0.25, 0.3) is 5.57 Å². The van der Waals surface area contributed by atoms with Gasteiger partial charge in [-0.05, 0) is 31.2 Å². The lowest BCUT2D eigenvalue weighted by Gasteiger charge is -2.26. The van der Waals surface area contributed by atoms with E-state index in [4.69, 9.17) is 0 Å². The second-order valence-corrected chi connectivity index (χ2v) is 5.29. The van der Waals surface area contributed by atoms with Gasteiger partial charge in [-0.2, -0.15) is 0 Å². The van der Waals surface area contributed by atoms with Crippen molar-refractivity contribution >= 4 is 11.5 Å². The fourth-order valence-corrected chi connectivity index (χ4v) is 2.43. The molecule has 3 heteroatoms. The van der Waals surface area contributed by atoms with Crippen molar-refractivity contribution in [2.24, 2.45) is 0 Å². The number of carbonyl (C=O) groups is 1. The number of allylic oxidation sites excluding steroid dienone is 1. The molecular formula is C18H20O3. The summed E-state index contributed by atoms with van der Waals surface area (Å²) in [5.41, 5.74) is 0.485. The van der Waals surface area contributed by atoms with Crippen LogP contribution >= 0.6 is 0 Å². The number of rotatable bonds is 2. The molecule has 0 radical (unpaired) electrons. The third kappa shape index (κ3) is 4.47. The van der Waals surface area contributed by atoms with E-state index in [1.165, 1.54) is 13.2 Å². The first-order valence-corrected chi connectivity index (χ1v) is 7.24. The predicted octanol–water partition coefficient (Wildman–Crippen LogP) is 2.94. The normalized spacial score (nSPS) is 17.5. The summed E-state index contributed by atoms with van der Waals surface area (Å²) in [5, 5.41) is 10.4. The maximum absolute atomic E-state index is 11.5. The van der Waals surface area contributed by atoms with Crippen molar-refractivity contribution in [2.45, 2.75) is 37.7 Å². The van der Waals surface area contributed by atoms with Gasteiger partial charge in [0.1, 0.15) is 5.60 Å². The van der Waals surface area contributed by atoms with Gasteiger partial charge < -0.3 is 9.84 Å². The Kier molecular flexibility index (Phi) is 5.19. The molecule has 2 rings (SSSR count). The molecule has 0 unspecified atom stereocenters. The van der Waals surface area contributed by atoms with Gasteiger partial charge in [-0.15, -0.1) is 0 Å². The topological polar surface area (TPSA) is 46.5 Å². The number of hydrogen-bond donors (Lipinski definition) is 1. The molecule has 0 heterocycles. The van der Waals surface area contributed by atoms with Crippen molar-refractivity contribution in [3.8, 4) is 11.8 Å². The maximum Gasteiger partial charge on any atom is 0.331 e. The van der Waals surface area contributed by atoms with Crippen LogP contribution in [0.4, 0.5) is 0 Å². The molecule has 0 bridgehead atoms. The van der Waals surface area contributed by atoms with Gasteiger partial charge in [0.25, 0.3) is 0 Å². The van der Waals surface area contributed by atoms with Gasteiger partial charge >= 0.3 is 5.97 Å². The van der Waals surface area contributed by atoms with Gasteiger partial charge in [0.15, 0.2) is 0 Å². The van der Waals surface area contributed by atoms with Crippen molar-refractivity contribution < 1.29 is 14.6 Å². The van der Waals surface area contributed by atoms with Crippen molar-refractivity contribution in [1.29, 1.82) is 0 Å². The summed E-state index contributed by atoms with van der Waals surface area (Å²) in [6, 6.07) is 9.44. The summed E-state index contributed by atoms with van der Waals surface area (Å²) in [6.07, 6.45) is 5.89. The minimum Gasteiger partial charge on any atom is -0.466 e. The number of esters is 1. The first-order chi connectivity index (χ1) is 10.1. The van der Waals surface area contributed by atoms with Crippen LogP contribution in [-0.4, -0.2) is 23.8 Å². The molecular weight excluding hydrogens is 264 g/mol. The van der Waals surface area contributed by atoms with Crippen LogP contribution in [0, 0.1) is 11.8 Å². The third-order valence-electron chi connectivity index (χ3n) is 3.66. The van der Waals surface area contributed by atoms with Gasteiger partial charge in [-0.3, -0.25) is 0 Å². The SMILES string of the molecule is COC(=O)/C=C(/C#CC1(O)CCCCC1)c1ccccc1. The van der Waals surface area contributed by atoms with Crippen LogP contribution < -0.4 is 0 Å². The largest absolute Gasteiger partial charge is 0.466 e. The van der Waals surface area contributed by atoms with Gasteiger partial charge in [-0.1, -0.05) is 48.6 Å². The average molecular weight is 284 g/mol. The van der Waals surface area contributed by atoms with Gasteiger partial charge in [0.05, 0.1) is 7.11 Å². The van der Waals surface area contributed by atoms with Crippen molar-refractivity contribution in [2.75, 3.05) is 7.11 Å². The molecule has 21 heavy (non-hydrogen) atoms. The number of ether oxygens (including phenoxy) is 1. The molecule has 1 saturated carbocycles. The minimum atomic E-state index is -0.928. The Labute approximate surface area is 125 Å². The van der Waals surface area contributed by atoms with Crippen molar-refractivity contribution in [1.82, 2.24) is 0 Å². The third-order valence-corrected chi connectivity index (χ3v) is 3.66. The molecule has 0 saturated heterocycles. The van der Waals surface area contributed by atoms with Gasteiger partial charge in [0.2, 0.25) is 0 Å². The fourth-order valence-electron chi connectivity index (χ4n) is 2.43. The smallest absolute Gasteiger partial charge is 0.331 e. The lowest BCUT2D eigenvalue weighted by molar-refractivity contribution is -0.134. The zero-order valence-corrected chi connectivity index (χ0v) is 12.3. The van der Waals surface area contributed by atoms with Crippen LogP contribution in [0.5, 0.6) is 0 Å². The van der Waals surface area contributed by atoms with Gasteiger partial charge in [0, 0.05) is 11.6 Å². The first-order valence-electron chi connectivity index (χ1n) is 7.24. The van der Waals surface area contributed by atoms with E-state index in [-0.39, 0.29) is 0 Å². The van der Waals surface area contributed by atoms with E-state index in [2.05, 4.69) is 16.6 Å². The van der Waals surface area contributed by atoms with Crippen LogP contribution in [0.3, 0.4) is 0 Å². The zero-order valence-electron chi connectivity index (χ0n) is 12.3. The Hall–Kier alpha value is -2.05. The van der Waals surface area contributed by atoms with E-state index in [1.54, 1.807) is 0 Å². The molecule has 1 N–H and O–H groups in total. The summed E-state index contributed by atoms with van der Waals surface area (Å²) in [4.78, 5) is 11.5. The molecule has 110 valence electrons. The highest BCUT2D eigenvalue weighted by molar-refractivity contribution is 5.96. The average Bonchev–Trinajstić information content (AvgIpc) is 2.52. The van der Waals surface area contributed by atoms with Crippen LogP contribution in [0.2, 0.25) is 0 Å². The molecule has 1 aromatic rings. The molecule has 0 aromatic heterocycles. The van der Waals surface area contributed by atoms with E-state index < -0.39 is 11.6 Å². The second-order valence-electron chi connectivity index (χ2n) is 5.29. The number of aliphatic hydroxyl groups is 1. The Morgan fingerprint density at radius 2 is 1.90 bits per heavy atom. The molecule has 0 spiro atoms. The highest BCUT2D eigenvalue weighted by Crippen LogP contribution is 2.27. The Morgan fingerprint density at radius 1 is 1.24 bits per heavy atom. The maximum atomic E-state index is 11.5. The lowest BCUT2D eigenvalue weighted by atomic mass is 9.85. The first kappa shape index (κ1) is 15.3. The van der Waals surface area contributed by atoms with E-state index in [0.29, 0.717) is 18.4 Å². The van der Waals surface area contributed by atoms with Crippen LogP contribution in [0.15, 0.2) is 36.4 Å². The molecule has 3 nitrogen and oxygen atoms in total. The highest BCUT2D eigenvalue weighted by atomic mass is 16.5. The molecule has 0 atom stereocenters. The standard InChI is InChI=1S/C18H20O3/c1-21-17(19)14-16(15-8-4-2-5-9-15)10-13-18(20)11-6-3-7-12-18/h2,4-5,8-9,14,20H,3,6-7,11-12H2,1H3/b16-14-. The van der Waals surface area contributed by atoms with E-state index in [0.717, 1.165) is 24.8 Å². The number of hydrogen-bond acceptors (Lipinski definition) is 3. The Bertz CT molecular complexity index is 569. The fraction of sp³-hybridized carbons (Fsp3) is 0.389. The van der Waals surface area contributed by atoms with Crippen molar-refractivity contribution in [3.63, 3.8) is 0 Å². The van der Waals surface area contributed by atoms with E-state index in [9.17, 15) is 9.90 Å². The van der Waals surface area contributed by atoms with E-state index in [1.807, 2.05) is 30.3 Å². The summed E-state index contributed by atoms with van der Waals surface area (Å²) >= 11 is 0. The van der Waals surface area contributed by atoms with Crippen molar-refractivity contribution in [3.05, 3.63) is 42.0 Å². The Morgan fingerprint density at radius 3 is 2.52 bits per heavy atom. The molecule has 0 amide bonds. The second kappa shape index (κ2) is 7.10. The molecule has 1 aliphatic carbocycles. The Balaban J connectivity index is 2.29. The van der Waals surface area contributed by atoms with E-state index >= 15 is 0 Å². The molecule has 1 fully saturated rings. The molecule has 1 aromatic carbocycles. The minimum absolute atomic E-state index is 0.446. The number of carbonyl (C=O) groups excluding carboxylic acids is 1.